The van der Waals surface area contributed by atoms with Gasteiger partial charge in [-0.2, -0.15) is 0 Å². The average molecular weight is 422 g/mol. The molecule has 1 aliphatic rings. The van der Waals surface area contributed by atoms with Gasteiger partial charge in [-0.15, -0.1) is 34.2 Å². The Morgan fingerprint density at radius 2 is 2.18 bits per heavy atom. The Morgan fingerprint density at radius 1 is 1.41 bits per heavy atom. The lowest BCUT2D eigenvalue weighted by molar-refractivity contribution is 0.207. The number of nitrogens with zero attached hydrogens (tertiary/aromatic N) is 5. The molecule has 0 radical (unpaired) electrons. The van der Waals surface area contributed by atoms with Crippen molar-refractivity contribution < 1.29 is 4.74 Å². The number of aryl methyl sites for hydroxylation is 1. The van der Waals surface area contributed by atoms with Crippen molar-refractivity contribution in [3.05, 3.63) is 12.2 Å². The molecular weight excluding hydrogens is 395 g/mol. The molecule has 2 rings (SSSR count). The third-order valence-corrected chi connectivity index (χ3v) is 3.61. The van der Waals surface area contributed by atoms with Crippen LogP contribution in [0.2, 0.25) is 0 Å². The second kappa shape index (κ2) is 10.8. The fraction of sp³-hybridized carbons (Fsp3) is 0.786. The summed E-state index contributed by atoms with van der Waals surface area (Å²) in [6.45, 7) is 7.31. The number of aliphatic imine (C=N–C) groups is 1. The average Bonchev–Trinajstić information content (AvgIpc) is 3.17. The lowest BCUT2D eigenvalue weighted by Crippen LogP contribution is -2.41. The maximum Gasteiger partial charge on any atom is 0.194 e. The first kappa shape index (κ1) is 19.1. The molecule has 0 saturated carbocycles. The van der Waals surface area contributed by atoms with Gasteiger partial charge in [0.15, 0.2) is 5.96 Å². The van der Waals surface area contributed by atoms with E-state index in [1.165, 1.54) is 12.8 Å². The zero-order valence-electron chi connectivity index (χ0n) is 13.5. The van der Waals surface area contributed by atoms with Crippen LogP contribution in [0.4, 0.5) is 0 Å². The van der Waals surface area contributed by atoms with Gasteiger partial charge in [0.05, 0.1) is 13.2 Å². The van der Waals surface area contributed by atoms with Gasteiger partial charge in [-0.05, 0) is 12.8 Å². The van der Waals surface area contributed by atoms with Crippen molar-refractivity contribution in [1.82, 2.24) is 25.0 Å². The van der Waals surface area contributed by atoms with Gasteiger partial charge in [-0.1, -0.05) is 6.92 Å². The molecule has 7 nitrogen and oxygen atoms in total. The van der Waals surface area contributed by atoms with E-state index in [-0.39, 0.29) is 24.0 Å². The number of methoxy groups -OCH3 is 1. The first-order valence-corrected chi connectivity index (χ1v) is 7.74. The fourth-order valence-electron chi connectivity index (χ4n) is 2.47. The van der Waals surface area contributed by atoms with Crippen molar-refractivity contribution >= 4 is 29.9 Å². The molecule has 1 N–H and O–H groups in total. The quantitative estimate of drug-likeness (QED) is 0.309. The third kappa shape index (κ3) is 5.71. The second-order valence-corrected chi connectivity index (χ2v) is 5.11. The van der Waals surface area contributed by atoms with Crippen molar-refractivity contribution in [2.45, 2.75) is 32.7 Å². The van der Waals surface area contributed by atoms with Gasteiger partial charge < -0.3 is 19.5 Å². The van der Waals surface area contributed by atoms with Crippen LogP contribution in [0, 0.1) is 0 Å². The molecule has 0 bridgehead atoms. The Labute approximate surface area is 149 Å². The molecule has 1 aromatic rings. The summed E-state index contributed by atoms with van der Waals surface area (Å²) in [6, 6.07) is 0. The number of aromatic nitrogens is 3. The lowest BCUT2D eigenvalue weighted by atomic mass is 10.4. The number of rotatable bonds is 7. The second-order valence-electron chi connectivity index (χ2n) is 5.11. The number of hydrogen-bond acceptors (Lipinski definition) is 4. The summed E-state index contributed by atoms with van der Waals surface area (Å²) in [5.41, 5.74) is 0. The Balaban J connectivity index is 0.00000242. The van der Waals surface area contributed by atoms with Crippen LogP contribution < -0.4 is 5.32 Å². The predicted octanol–water partition coefficient (Wildman–Crippen LogP) is 1.15. The van der Waals surface area contributed by atoms with Crippen LogP contribution in [0.1, 0.15) is 25.6 Å². The molecular formula is C14H27IN6O. The summed E-state index contributed by atoms with van der Waals surface area (Å²) in [5, 5.41) is 11.5. The summed E-state index contributed by atoms with van der Waals surface area (Å²) in [6.07, 6.45) is 5.19. The van der Waals surface area contributed by atoms with Gasteiger partial charge in [0.25, 0.3) is 0 Å². The first-order valence-electron chi connectivity index (χ1n) is 7.74. The highest BCUT2D eigenvalue weighted by atomic mass is 127. The molecule has 1 aromatic heterocycles. The molecule has 126 valence electrons. The van der Waals surface area contributed by atoms with E-state index in [0.29, 0.717) is 13.2 Å². The van der Waals surface area contributed by atoms with Crippen LogP contribution in [0.3, 0.4) is 0 Å². The van der Waals surface area contributed by atoms with Crippen LogP contribution in [0.15, 0.2) is 11.3 Å². The summed E-state index contributed by atoms with van der Waals surface area (Å²) in [7, 11) is 1.71. The highest BCUT2D eigenvalue weighted by molar-refractivity contribution is 14.0. The van der Waals surface area contributed by atoms with Crippen LogP contribution in [-0.4, -0.2) is 65.5 Å². The van der Waals surface area contributed by atoms with E-state index in [0.717, 1.165) is 44.4 Å². The molecule has 2 heterocycles. The Bertz CT molecular complexity index is 444. The van der Waals surface area contributed by atoms with Gasteiger partial charge in [0, 0.05) is 39.7 Å². The zero-order valence-corrected chi connectivity index (χ0v) is 15.8. The standard InChI is InChI=1S/C14H26N6O.HI/c1-3-13-18-17-12-20(13)10-6-15-14(16-7-11-21-2)19-8-4-5-9-19;/h12H,3-11H2,1-2H3,(H,15,16);1H. The lowest BCUT2D eigenvalue weighted by Gasteiger charge is -2.21. The minimum absolute atomic E-state index is 0. The van der Waals surface area contributed by atoms with Crippen LogP contribution in [0.5, 0.6) is 0 Å². The largest absolute Gasteiger partial charge is 0.383 e. The van der Waals surface area contributed by atoms with E-state index in [1.807, 2.05) is 0 Å². The SMILES string of the molecule is CCc1nncn1CCNC(=NCCOC)N1CCCC1.I. The van der Waals surface area contributed by atoms with E-state index in [4.69, 9.17) is 4.74 Å². The molecule has 1 aliphatic heterocycles. The van der Waals surface area contributed by atoms with Crippen molar-refractivity contribution in [1.29, 1.82) is 0 Å². The molecule has 0 aromatic carbocycles. The topological polar surface area (TPSA) is 67.6 Å². The number of nitrogens with one attached hydrogen (secondary N) is 1. The van der Waals surface area contributed by atoms with Gasteiger partial charge in [0.1, 0.15) is 12.2 Å². The van der Waals surface area contributed by atoms with Gasteiger partial charge in [-0.3, -0.25) is 4.99 Å². The van der Waals surface area contributed by atoms with Gasteiger partial charge >= 0.3 is 0 Å². The number of hydrogen-bond donors (Lipinski definition) is 1. The van der Waals surface area contributed by atoms with E-state index >= 15 is 0 Å². The minimum atomic E-state index is 0. The van der Waals surface area contributed by atoms with E-state index in [2.05, 4.69) is 36.9 Å². The van der Waals surface area contributed by atoms with Crippen LogP contribution in [-0.2, 0) is 17.7 Å². The fourth-order valence-corrected chi connectivity index (χ4v) is 2.47. The third-order valence-electron chi connectivity index (χ3n) is 3.61. The molecule has 8 heteroatoms. The number of halogens is 1. The predicted molar refractivity (Wildman–Crippen MR) is 97.8 cm³/mol. The van der Waals surface area contributed by atoms with E-state index in [9.17, 15) is 0 Å². The first-order chi connectivity index (χ1) is 10.3. The molecule has 0 spiro atoms. The highest BCUT2D eigenvalue weighted by Crippen LogP contribution is 2.07. The molecule has 1 saturated heterocycles. The summed E-state index contributed by atoms with van der Waals surface area (Å²) >= 11 is 0. The summed E-state index contributed by atoms with van der Waals surface area (Å²) in [4.78, 5) is 6.94. The summed E-state index contributed by atoms with van der Waals surface area (Å²) in [5.74, 6) is 2.02. The highest BCUT2D eigenvalue weighted by Gasteiger charge is 2.15. The minimum Gasteiger partial charge on any atom is -0.383 e. The Kier molecular flexibility index (Phi) is 9.37. The molecule has 0 atom stereocenters. The van der Waals surface area contributed by atoms with Crippen molar-refractivity contribution in [3.8, 4) is 0 Å². The maximum absolute atomic E-state index is 5.07. The zero-order chi connectivity index (χ0) is 14.9. The maximum atomic E-state index is 5.07. The number of likely N-dealkylation sites (tertiary alicyclic amines) is 1. The monoisotopic (exact) mass is 422 g/mol. The van der Waals surface area contributed by atoms with Crippen LogP contribution >= 0.6 is 24.0 Å². The normalized spacial score (nSPS) is 15.0. The van der Waals surface area contributed by atoms with E-state index in [1.54, 1.807) is 13.4 Å². The van der Waals surface area contributed by atoms with Crippen molar-refractivity contribution in [2.75, 3.05) is 39.9 Å². The Hall–Kier alpha value is -0.900. The van der Waals surface area contributed by atoms with Crippen LogP contribution in [0.25, 0.3) is 0 Å². The summed E-state index contributed by atoms with van der Waals surface area (Å²) < 4.78 is 7.16. The molecule has 1 fully saturated rings. The molecule has 22 heavy (non-hydrogen) atoms. The van der Waals surface area contributed by atoms with Gasteiger partial charge in [0.2, 0.25) is 0 Å². The number of ether oxygens (including phenoxy) is 1. The number of guanidine groups is 1. The molecule has 0 aliphatic carbocycles. The van der Waals surface area contributed by atoms with Crippen molar-refractivity contribution in [2.24, 2.45) is 4.99 Å². The molecule has 0 unspecified atom stereocenters. The Morgan fingerprint density at radius 3 is 2.86 bits per heavy atom. The van der Waals surface area contributed by atoms with E-state index < -0.39 is 0 Å². The van der Waals surface area contributed by atoms with Gasteiger partial charge in [-0.25, -0.2) is 0 Å². The van der Waals surface area contributed by atoms with Crippen molar-refractivity contribution in [3.63, 3.8) is 0 Å². The smallest absolute Gasteiger partial charge is 0.194 e. The molecule has 0 amide bonds.